The maximum atomic E-state index is 15.0. The molecule has 1 aromatic heterocycles. The van der Waals surface area contributed by atoms with Crippen LogP contribution in [-0.4, -0.2) is 101 Å². The number of hydrogen-bond donors (Lipinski definition) is 1. The summed E-state index contributed by atoms with van der Waals surface area (Å²) in [4.78, 5) is 8.64. The average molecular weight is 475 g/mol. The third-order valence-corrected chi connectivity index (χ3v) is 5.42. The molecule has 0 amide bonds. The summed E-state index contributed by atoms with van der Waals surface area (Å²) in [7, 11) is 1.64. The Morgan fingerprint density at radius 1 is 0.879 bits per heavy atom. The Bertz CT molecular complexity index is 618. The summed E-state index contributed by atoms with van der Waals surface area (Å²) in [6, 6.07) is 1.69. The van der Waals surface area contributed by atoms with Crippen LogP contribution in [0.5, 0.6) is 0 Å². The summed E-state index contributed by atoms with van der Waals surface area (Å²) in [6.45, 7) is 4.88. The zero-order valence-corrected chi connectivity index (χ0v) is 19.7. The molecule has 190 valence electrons. The molecule has 1 aliphatic carbocycles. The van der Waals surface area contributed by atoms with Gasteiger partial charge in [-0.05, 0) is 31.7 Å². The maximum Gasteiger partial charge on any atom is 0.134 e. The van der Waals surface area contributed by atoms with Crippen LogP contribution in [0.25, 0.3) is 0 Å². The largest absolute Gasteiger partial charge is 0.390 e. The molecule has 0 aliphatic heterocycles. The number of ether oxygens (including phenoxy) is 6. The molecule has 1 N–H and O–H groups in total. The standard InChI is InChI=1S/C23H39FN2O7/c1-28-8-9-29-10-11-30-12-13-31-14-15-32-16-17-33-19-23(24)5-2-20(3-6-23)22-25-7-4-21(18-27)26-22/h4,7,20,27H,2-3,5-6,8-19H2,1H3. The van der Waals surface area contributed by atoms with Crippen LogP contribution >= 0.6 is 0 Å². The highest BCUT2D eigenvalue weighted by molar-refractivity contribution is 5.07. The second-order valence-electron chi connectivity index (χ2n) is 7.98. The van der Waals surface area contributed by atoms with Crippen LogP contribution in [0.4, 0.5) is 4.39 Å². The van der Waals surface area contributed by atoms with Crippen molar-refractivity contribution in [3.8, 4) is 0 Å². The minimum atomic E-state index is -1.32. The number of halogens is 1. The highest BCUT2D eigenvalue weighted by Crippen LogP contribution is 2.39. The minimum absolute atomic E-state index is 0.0731. The predicted octanol–water partition coefficient (Wildman–Crippen LogP) is 2.06. The Labute approximate surface area is 195 Å². The van der Waals surface area contributed by atoms with E-state index in [4.69, 9.17) is 28.4 Å². The van der Waals surface area contributed by atoms with E-state index in [1.165, 1.54) is 0 Å². The van der Waals surface area contributed by atoms with E-state index in [2.05, 4.69) is 9.97 Å². The van der Waals surface area contributed by atoms with E-state index >= 15 is 0 Å². The molecule has 1 saturated carbocycles. The van der Waals surface area contributed by atoms with Crippen molar-refractivity contribution in [1.82, 2.24) is 9.97 Å². The first-order chi connectivity index (χ1) is 16.2. The van der Waals surface area contributed by atoms with Crippen molar-refractivity contribution >= 4 is 0 Å². The SMILES string of the molecule is COCCOCCOCCOCCOCCOCC1(F)CCC(c2nccc(CO)n2)CC1. The smallest absolute Gasteiger partial charge is 0.134 e. The van der Waals surface area contributed by atoms with E-state index in [1.54, 1.807) is 19.4 Å². The van der Waals surface area contributed by atoms with Gasteiger partial charge in [0, 0.05) is 19.2 Å². The lowest BCUT2D eigenvalue weighted by atomic mass is 9.80. The quantitative estimate of drug-likeness (QED) is 0.302. The fraction of sp³-hybridized carbons (Fsp3) is 0.826. The lowest BCUT2D eigenvalue weighted by Crippen LogP contribution is -2.34. The van der Waals surface area contributed by atoms with Gasteiger partial charge in [-0.25, -0.2) is 14.4 Å². The normalized spacial score (nSPS) is 20.9. The topological polar surface area (TPSA) is 101 Å². The first-order valence-corrected chi connectivity index (χ1v) is 11.7. The van der Waals surface area contributed by atoms with Crippen LogP contribution in [0, 0.1) is 0 Å². The fourth-order valence-electron chi connectivity index (χ4n) is 3.51. The molecule has 1 heterocycles. The van der Waals surface area contributed by atoms with Crippen LogP contribution in [0.2, 0.25) is 0 Å². The number of methoxy groups -OCH3 is 1. The van der Waals surface area contributed by atoms with Crippen LogP contribution in [0.15, 0.2) is 12.3 Å². The number of aromatic nitrogens is 2. The van der Waals surface area contributed by atoms with Gasteiger partial charge in [0.2, 0.25) is 0 Å². The third kappa shape index (κ3) is 12.1. The summed E-state index contributed by atoms with van der Waals surface area (Å²) in [6.07, 6.45) is 3.83. The van der Waals surface area contributed by atoms with Crippen molar-refractivity contribution in [3.05, 3.63) is 23.8 Å². The van der Waals surface area contributed by atoms with Crippen LogP contribution in [-0.2, 0) is 35.0 Å². The fourth-order valence-corrected chi connectivity index (χ4v) is 3.51. The van der Waals surface area contributed by atoms with E-state index in [9.17, 15) is 9.50 Å². The molecular weight excluding hydrogens is 435 g/mol. The Morgan fingerprint density at radius 2 is 1.39 bits per heavy atom. The zero-order chi connectivity index (χ0) is 23.6. The lowest BCUT2D eigenvalue weighted by Gasteiger charge is -2.33. The predicted molar refractivity (Wildman–Crippen MR) is 119 cm³/mol. The first kappa shape index (κ1) is 28.0. The van der Waals surface area contributed by atoms with Gasteiger partial charge in [-0.3, -0.25) is 0 Å². The van der Waals surface area contributed by atoms with E-state index in [-0.39, 0.29) is 19.1 Å². The zero-order valence-electron chi connectivity index (χ0n) is 19.7. The second-order valence-corrected chi connectivity index (χ2v) is 7.98. The highest BCUT2D eigenvalue weighted by atomic mass is 19.1. The number of rotatable bonds is 19. The molecule has 1 fully saturated rings. The molecule has 0 atom stereocenters. The molecule has 0 unspecified atom stereocenters. The summed E-state index contributed by atoms with van der Waals surface area (Å²) < 4.78 is 46.9. The van der Waals surface area contributed by atoms with Gasteiger partial charge in [0.1, 0.15) is 11.5 Å². The van der Waals surface area contributed by atoms with Crippen molar-refractivity contribution in [2.45, 2.75) is 43.9 Å². The molecule has 1 aliphatic rings. The van der Waals surface area contributed by atoms with Crippen LogP contribution in [0.1, 0.15) is 43.1 Å². The summed E-state index contributed by atoms with van der Waals surface area (Å²) in [5.74, 6) is 0.821. The number of hydrogen-bond acceptors (Lipinski definition) is 9. The Hall–Kier alpha value is -1.27. The molecule has 0 bridgehead atoms. The number of nitrogens with zero attached hydrogens (tertiary/aromatic N) is 2. The summed E-state index contributed by atoms with van der Waals surface area (Å²) in [5, 5.41) is 9.22. The summed E-state index contributed by atoms with van der Waals surface area (Å²) in [5.41, 5.74) is -0.720. The molecule has 0 aromatic carbocycles. The van der Waals surface area contributed by atoms with Gasteiger partial charge in [0.15, 0.2) is 0 Å². The summed E-state index contributed by atoms with van der Waals surface area (Å²) >= 11 is 0. The van der Waals surface area contributed by atoms with Gasteiger partial charge < -0.3 is 33.5 Å². The van der Waals surface area contributed by atoms with Gasteiger partial charge in [0.05, 0.1) is 85.0 Å². The van der Waals surface area contributed by atoms with E-state index in [1.807, 2.05) is 0 Å². The lowest BCUT2D eigenvalue weighted by molar-refractivity contribution is -0.0399. The average Bonchev–Trinajstić information content (AvgIpc) is 2.84. The molecule has 0 radical (unpaired) electrons. The second kappa shape index (κ2) is 17.2. The van der Waals surface area contributed by atoms with Crippen molar-refractivity contribution < 1.29 is 37.9 Å². The van der Waals surface area contributed by atoms with Gasteiger partial charge in [-0.15, -0.1) is 0 Å². The maximum absolute atomic E-state index is 15.0. The molecule has 2 rings (SSSR count). The molecule has 1 aromatic rings. The minimum Gasteiger partial charge on any atom is -0.390 e. The van der Waals surface area contributed by atoms with Gasteiger partial charge >= 0.3 is 0 Å². The molecular formula is C23H39FN2O7. The van der Waals surface area contributed by atoms with E-state index in [0.29, 0.717) is 103 Å². The number of alkyl halides is 1. The molecule has 9 nitrogen and oxygen atoms in total. The Kier molecular flexibility index (Phi) is 14.6. The van der Waals surface area contributed by atoms with Crippen LogP contribution in [0.3, 0.4) is 0 Å². The molecule has 10 heteroatoms. The van der Waals surface area contributed by atoms with Crippen LogP contribution < -0.4 is 0 Å². The molecule has 0 saturated heterocycles. The van der Waals surface area contributed by atoms with Crippen molar-refractivity contribution in [2.75, 3.05) is 79.8 Å². The van der Waals surface area contributed by atoms with Gasteiger partial charge in [-0.2, -0.15) is 0 Å². The van der Waals surface area contributed by atoms with Crippen molar-refractivity contribution in [2.24, 2.45) is 0 Å². The van der Waals surface area contributed by atoms with Gasteiger partial charge in [0.25, 0.3) is 0 Å². The third-order valence-electron chi connectivity index (χ3n) is 5.42. The molecule has 0 spiro atoms. The number of aliphatic hydroxyl groups excluding tert-OH is 1. The van der Waals surface area contributed by atoms with Crippen molar-refractivity contribution in [1.29, 1.82) is 0 Å². The van der Waals surface area contributed by atoms with Gasteiger partial charge in [-0.1, -0.05) is 0 Å². The highest BCUT2D eigenvalue weighted by Gasteiger charge is 2.36. The van der Waals surface area contributed by atoms with Crippen molar-refractivity contribution in [3.63, 3.8) is 0 Å². The monoisotopic (exact) mass is 474 g/mol. The number of aliphatic hydroxyl groups is 1. The first-order valence-electron chi connectivity index (χ1n) is 11.7. The Balaban J connectivity index is 1.40. The van der Waals surface area contributed by atoms with E-state index in [0.717, 1.165) is 0 Å². The van der Waals surface area contributed by atoms with E-state index < -0.39 is 5.67 Å². The molecule has 33 heavy (non-hydrogen) atoms. The Morgan fingerprint density at radius 3 is 1.91 bits per heavy atom.